The summed E-state index contributed by atoms with van der Waals surface area (Å²) < 4.78 is 1.36. The van der Waals surface area contributed by atoms with Crippen molar-refractivity contribution < 1.29 is 24.6 Å². The Labute approximate surface area is 67.3 Å². The zero-order valence-corrected chi connectivity index (χ0v) is 11.2. The maximum atomic E-state index is 8.66. The second-order valence-electron chi connectivity index (χ2n) is 2.39. The van der Waals surface area contributed by atoms with Crippen LogP contribution in [0.5, 0.6) is 0 Å². The third kappa shape index (κ3) is 224. The molecule has 0 aliphatic rings. The molecule has 0 aliphatic heterocycles. The Bertz CT molecular complexity index is 37.8. The van der Waals surface area contributed by atoms with Gasteiger partial charge in [0.15, 0.2) is 8.32 Å². The molecule has 0 aromatic carbocycles. The molecule has 0 rings (SSSR count). The van der Waals surface area contributed by atoms with Crippen LogP contribution in [0.1, 0.15) is 0 Å². The van der Waals surface area contributed by atoms with Crippen molar-refractivity contribution >= 4 is 18.6 Å². The molecule has 55 valence electrons. The van der Waals surface area contributed by atoms with Gasteiger partial charge in [-0.15, -0.1) is 0 Å². The van der Waals surface area contributed by atoms with Gasteiger partial charge in [0.05, 0.1) is 0 Å². The molecule has 0 atom stereocenters. The summed E-state index contributed by atoms with van der Waals surface area (Å²) in [6.07, 6.45) is 0. The number of hydrogen-bond acceptors (Lipinski definition) is 1. The zero-order chi connectivity index (χ0) is 7.21. The fourth-order valence-electron chi connectivity index (χ4n) is 0. The molecule has 0 aliphatic carbocycles. The van der Waals surface area contributed by atoms with Crippen LogP contribution < -0.4 is 0 Å². The summed E-state index contributed by atoms with van der Waals surface area (Å²) in [5.74, 6) is 0. The normalized spacial score (nSPS) is 10.2. The summed E-state index contributed by atoms with van der Waals surface area (Å²) in [4.78, 5) is 8.66. The van der Waals surface area contributed by atoms with Crippen LogP contribution >= 0.6 is 0 Å². The first kappa shape index (κ1) is 11.8. The molecule has 0 radical (unpaired) electrons. The quantitative estimate of drug-likeness (QED) is 0.624. The van der Waals surface area contributed by atoms with E-state index in [1.807, 2.05) is 19.6 Å². The standard InChI is InChI=1S/C3H10OSi.CH5Si.Pt/c1-5(2,3)4;1-2;/h4H,1-3H3;1H2,2H3;. The molecule has 0 unspecified atom stereocenters. The van der Waals surface area contributed by atoms with Crippen molar-refractivity contribution in [2.75, 3.05) is 0 Å². The second kappa shape index (κ2) is 6.21. The van der Waals surface area contributed by atoms with Crippen molar-refractivity contribution in [1.82, 2.24) is 0 Å². The summed E-state index contributed by atoms with van der Waals surface area (Å²) in [5, 5.41) is 0. The summed E-state index contributed by atoms with van der Waals surface area (Å²) in [5.41, 5.74) is 0. The summed E-state index contributed by atoms with van der Waals surface area (Å²) in [7, 11) is -0.255. The first-order chi connectivity index (χ1) is 3.41. The van der Waals surface area contributed by atoms with Crippen LogP contribution in [-0.4, -0.2) is 23.4 Å². The fourth-order valence-corrected chi connectivity index (χ4v) is 0. The molecule has 0 bridgehead atoms. The van der Waals surface area contributed by atoms with Crippen LogP contribution in [0.4, 0.5) is 0 Å². The topological polar surface area (TPSA) is 20.2 Å². The molecule has 1 N–H and O–H groups in total. The first-order valence-corrected chi connectivity index (χ1v) is 9.12. The van der Waals surface area contributed by atoms with E-state index in [-0.39, 0.29) is 0 Å². The molecule has 8 heavy (non-hydrogen) atoms. The maximum absolute atomic E-state index is 8.66. The van der Waals surface area contributed by atoms with Crippen LogP contribution in [0.3, 0.4) is 0 Å². The van der Waals surface area contributed by atoms with E-state index in [0.717, 1.165) is 0 Å². The molecule has 0 fully saturated rings. The Morgan fingerprint density at radius 1 is 1.50 bits per heavy atom. The molecular weight excluding hydrogens is 315 g/mol. The SMILES string of the molecule is C[Si](C)(C)O.[SiH3][CH2][Pt]. The van der Waals surface area contributed by atoms with Crippen molar-refractivity contribution in [1.29, 1.82) is 0 Å². The molecule has 4 heteroatoms. The third-order valence-electron chi connectivity index (χ3n) is 0. The van der Waals surface area contributed by atoms with Crippen molar-refractivity contribution in [2.24, 2.45) is 0 Å². The monoisotopic (exact) mass is 330 g/mol. The van der Waals surface area contributed by atoms with E-state index in [4.69, 9.17) is 4.80 Å². The van der Waals surface area contributed by atoms with Gasteiger partial charge < -0.3 is 4.80 Å². The predicted molar refractivity (Wildman–Crippen MR) is 40.3 cm³/mol. The van der Waals surface area contributed by atoms with E-state index in [2.05, 4.69) is 19.8 Å². The minimum atomic E-state index is -1.61. The van der Waals surface area contributed by atoms with Gasteiger partial charge in [-0.2, -0.15) is 0 Å². The minimum absolute atomic E-state index is 1.36. The number of hydrogen-bond donors (Lipinski definition) is 1. The Balaban J connectivity index is 0. The Hall–Kier alpha value is 1.08. The fraction of sp³-hybridized carbons (Fsp3) is 1.00. The van der Waals surface area contributed by atoms with Gasteiger partial charge in [-0.05, 0) is 19.6 Å². The summed E-state index contributed by atoms with van der Waals surface area (Å²) in [6.45, 7) is 5.65. The molecule has 1 nitrogen and oxygen atoms in total. The Morgan fingerprint density at radius 3 is 1.50 bits per heavy atom. The van der Waals surface area contributed by atoms with Gasteiger partial charge in [0, 0.05) is 0 Å². The van der Waals surface area contributed by atoms with Gasteiger partial charge in [-0.3, -0.25) is 0 Å². The van der Waals surface area contributed by atoms with Gasteiger partial charge in [-0.1, -0.05) is 0 Å². The van der Waals surface area contributed by atoms with E-state index in [9.17, 15) is 0 Å². The Morgan fingerprint density at radius 2 is 1.50 bits per heavy atom. The predicted octanol–water partition coefficient (Wildman–Crippen LogP) is 0.0880. The van der Waals surface area contributed by atoms with E-state index in [1.54, 1.807) is 0 Å². The van der Waals surface area contributed by atoms with Gasteiger partial charge in [0.25, 0.3) is 0 Å². The average molecular weight is 330 g/mol. The molecular formula is C4H15OPtSi2. The molecule has 0 spiro atoms. The Kier molecular flexibility index (Phi) is 9.18. The van der Waals surface area contributed by atoms with Crippen molar-refractivity contribution in [3.63, 3.8) is 0 Å². The third-order valence-corrected chi connectivity index (χ3v) is 0. The van der Waals surface area contributed by atoms with E-state index in [1.165, 1.54) is 14.7 Å². The van der Waals surface area contributed by atoms with Crippen molar-refractivity contribution in [3.8, 4) is 0 Å². The summed E-state index contributed by atoms with van der Waals surface area (Å²) in [6, 6.07) is 0. The average Bonchev–Trinajstić information content (AvgIpc) is 1.27. The van der Waals surface area contributed by atoms with Crippen LogP contribution in [-0.2, 0) is 19.8 Å². The zero-order valence-electron chi connectivity index (χ0n) is 5.97. The second-order valence-corrected chi connectivity index (χ2v) is 12.0. The molecule has 0 saturated carbocycles. The van der Waals surface area contributed by atoms with Gasteiger partial charge in [0.1, 0.15) is 0 Å². The van der Waals surface area contributed by atoms with Crippen LogP contribution in [0.15, 0.2) is 0 Å². The molecule has 0 saturated heterocycles. The van der Waals surface area contributed by atoms with Crippen LogP contribution in [0.2, 0.25) is 24.1 Å². The van der Waals surface area contributed by atoms with Crippen LogP contribution in [0.25, 0.3) is 0 Å². The molecule has 0 aromatic heterocycles. The van der Waals surface area contributed by atoms with Crippen molar-refractivity contribution in [2.45, 2.75) is 24.1 Å². The summed E-state index contributed by atoms with van der Waals surface area (Å²) >= 11 is 2.34. The van der Waals surface area contributed by atoms with Crippen molar-refractivity contribution in [3.05, 3.63) is 0 Å². The van der Waals surface area contributed by atoms with E-state index in [0.29, 0.717) is 0 Å². The molecule has 0 amide bonds. The van der Waals surface area contributed by atoms with Gasteiger partial charge >= 0.3 is 34.5 Å². The van der Waals surface area contributed by atoms with Gasteiger partial charge in [-0.25, -0.2) is 0 Å². The molecule has 0 aromatic rings. The number of rotatable bonds is 0. The van der Waals surface area contributed by atoms with E-state index < -0.39 is 8.32 Å². The van der Waals surface area contributed by atoms with Gasteiger partial charge in [0.2, 0.25) is 0 Å². The van der Waals surface area contributed by atoms with E-state index >= 15 is 0 Å². The van der Waals surface area contributed by atoms with Crippen LogP contribution in [0, 0.1) is 0 Å². The molecule has 0 heterocycles. The first-order valence-electron chi connectivity index (χ1n) is 2.65.